The lowest BCUT2D eigenvalue weighted by Crippen LogP contribution is -2.25. The number of nitrogens with zero attached hydrogens (tertiary/aromatic N) is 2. The van der Waals surface area contributed by atoms with E-state index in [2.05, 4.69) is 19.9 Å². The molecule has 1 aromatic heterocycles. The third kappa shape index (κ3) is 5.81. The molecular formula is C27H18ClF2N3O5. The van der Waals surface area contributed by atoms with Crippen LogP contribution in [-0.4, -0.2) is 34.6 Å². The second kappa shape index (κ2) is 10.3. The molecule has 0 unspecified atom stereocenters. The predicted octanol–water partition coefficient (Wildman–Crippen LogP) is 5.71. The van der Waals surface area contributed by atoms with Gasteiger partial charge in [-0.2, -0.15) is 5.10 Å². The zero-order valence-corrected chi connectivity index (χ0v) is 20.2. The molecule has 0 atom stereocenters. The van der Waals surface area contributed by atoms with Crippen LogP contribution in [0.5, 0.6) is 11.5 Å². The van der Waals surface area contributed by atoms with Crippen LogP contribution < -0.4 is 14.8 Å². The maximum atomic E-state index is 13.2. The standard InChI is InChI=1S/C27H18ClF2N3O5/c28-19-9-6-17(7-10-19)26-18(15-33(32-26)21-4-2-1-3-5-21)8-13-25(35)36-16-24(34)31-20-11-12-22-23(14-20)38-27(29,30)37-22/h1-15H,16H2,(H,31,34). The van der Waals surface area contributed by atoms with Gasteiger partial charge in [-0.3, -0.25) is 4.79 Å². The van der Waals surface area contributed by atoms with Gasteiger partial charge in [0.15, 0.2) is 18.1 Å². The molecule has 11 heteroatoms. The molecule has 0 aliphatic carbocycles. The summed E-state index contributed by atoms with van der Waals surface area (Å²) in [5.74, 6) is -1.81. The number of amides is 1. The zero-order valence-electron chi connectivity index (χ0n) is 19.4. The average molecular weight is 538 g/mol. The predicted molar refractivity (Wildman–Crippen MR) is 135 cm³/mol. The molecule has 3 aromatic carbocycles. The lowest BCUT2D eigenvalue weighted by Gasteiger charge is -2.06. The lowest BCUT2D eigenvalue weighted by molar-refractivity contribution is -0.286. The van der Waals surface area contributed by atoms with Crippen molar-refractivity contribution in [3.8, 4) is 28.4 Å². The molecule has 1 aliphatic heterocycles. The molecule has 0 radical (unpaired) electrons. The molecule has 192 valence electrons. The van der Waals surface area contributed by atoms with Gasteiger partial charge in [0.25, 0.3) is 5.91 Å². The van der Waals surface area contributed by atoms with E-state index in [9.17, 15) is 18.4 Å². The smallest absolute Gasteiger partial charge is 0.452 e. The van der Waals surface area contributed by atoms with Crippen LogP contribution in [-0.2, 0) is 14.3 Å². The topological polar surface area (TPSA) is 91.7 Å². The average Bonchev–Trinajstić information content (AvgIpc) is 3.46. The monoisotopic (exact) mass is 537 g/mol. The Kier molecular flexibility index (Phi) is 6.80. The highest BCUT2D eigenvalue weighted by Gasteiger charge is 2.43. The number of aromatic nitrogens is 2. The number of fused-ring (bicyclic) bond motifs is 1. The summed E-state index contributed by atoms with van der Waals surface area (Å²) < 4.78 is 41.7. The largest absolute Gasteiger partial charge is 0.586 e. The second-order valence-corrected chi connectivity index (χ2v) is 8.47. The molecule has 38 heavy (non-hydrogen) atoms. The molecule has 1 N–H and O–H groups in total. The fourth-order valence-corrected chi connectivity index (χ4v) is 3.75. The van der Waals surface area contributed by atoms with Crippen LogP contribution in [0.1, 0.15) is 5.56 Å². The van der Waals surface area contributed by atoms with E-state index < -0.39 is 24.8 Å². The van der Waals surface area contributed by atoms with Crippen molar-refractivity contribution >= 4 is 35.2 Å². The number of alkyl halides is 2. The van der Waals surface area contributed by atoms with Gasteiger partial charge >= 0.3 is 12.3 Å². The minimum Gasteiger partial charge on any atom is -0.452 e. The van der Waals surface area contributed by atoms with Gasteiger partial charge in [-0.25, -0.2) is 9.48 Å². The number of carbonyl (C=O) groups is 2. The Balaban J connectivity index is 1.24. The van der Waals surface area contributed by atoms with Crippen molar-refractivity contribution < 1.29 is 32.6 Å². The van der Waals surface area contributed by atoms with Crippen molar-refractivity contribution in [2.45, 2.75) is 6.29 Å². The van der Waals surface area contributed by atoms with E-state index in [0.717, 1.165) is 11.3 Å². The normalized spacial score (nSPS) is 13.4. The van der Waals surface area contributed by atoms with E-state index in [1.807, 2.05) is 42.5 Å². The zero-order chi connectivity index (χ0) is 26.7. The highest BCUT2D eigenvalue weighted by Crippen LogP contribution is 2.42. The van der Waals surface area contributed by atoms with Crippen molar-refractivity contribution in [2.75, 3.05) is 11.9 Å². The number of halogens is 3. The quantitative estimate of drug-likeness (QED) is 0.240. The van der Waals surface area contributed by atoms with Gasteiger partial charge in [0, 0.05) is 40.2 Å². The van der Waals surface area contributed by atoms with E-state index >= 15 is 0 Å². The van der Waals surface area contributed by atoms with E-state index in [-0.39, 0.29) is 17.2 Å². The summed E-state index contributed by atoms with van der Waals surface area (Å²) in [7, 11) is 0. The summed E-state index contributed by atoms with van der Waals surface area (Å²) in [5, 5.41) is 7.67. The number of para-hydroxylation sites is 1. The fraction of sp³-hybridized carbons (Fsp3) is 0.0741. The van der Waals surface area contributed by atoms with Gasteiger partial charge in [0.2, 0.25) is 0 Å². The second-order valence-electron chi connectivity index (χ2n) is 8.04. The van der Waals surface area contributed by atoms with Crippen LogP contribution in [0.25, 0.3) is 23.0 Å². The summed E-state index contributed by atoms with van der Waals surface area (Å²) in [6, 6.07) is 20.3. The van der Waals surface area contributed by atoms with Gasteiger partial charge in [-0.1, -0.05) is 41.9 Å². The Morgan fingerprint density at radius 3 is 2.53 bits per heavy atom. The molecule has 1 aliphatic rings. The van der Waals surface area contributed by atoms with Gasteiger partial charge in [0.05, 0.1) is 11.4 Å². The number of nitrogens with one attached hydrogen (secondary N) is 1. The summed E-state index contributed by atoms with van der Waals surface area (Å²) in [5.41, 5.74) is 3.03. The van der Waals surface area contributed by atoms with Crippen LogP contribution in [0.4, 0.5) is 14.5 Å². The molecule has 2 heterocycles. The Labute approximate surface area is 220 Å². The molecular weight excluding hydrogens is 520 g/mol. The van der Waals surface area contributed by atoms with Crippen molar-refractivity contribution in [2.24, 2.45) is 0 Å². The Morgan fingerprint density at radius 2 is 1.76 bits per heavy atom. The molecule has 0 saturated heterocycles. The van der Waals surface area contributed by atoms with Gasteiger partial charge < -0.3 is 19.5 Å². The minimum absolute atomic E-state index is 0.155. The first-order valence-electron chi connectivity index (χ1n) is 11.2. The van der Waals surface area contributed by atoms with Crippen LogP contribution in [0, 0.1) is 0 Å². The van der Waals surface area contributed by atoms with Crippen LogP contribution in [0.15, 0.2) is 85.1 Å². The molecule has 4 aromatic rings. The number of ether oxygens (including phenoxy) is 3. The number of anilines is 1. The van der Waals surface area contributed by atoms with Gasteiger partial charge in [-0.05, 0) is 42.5 Å². The maximum absolute atomic E-state index is 13.2. The highest BCUT2D eigenvalue weighted by molar-refractivity contribution is 6.30. The first-order chi connectivity index (χ1) is 18.3. The minimum atomic E-state index is -3.77. The van der Waals surface area contributed by atoms with Crippen molar-refractivity contribution in [1.29, 1.82) is 0 Å². The van der Waals surface area contributed by atoms with Crippen molar-refractivity contribution in [1.82, 2.24) is 9.78 Å². The molecule has 0 bridgehead atoms. The molecule has 8 nitrogen and oxygen atoms in total. The number of hydrogen-bond acceptors (Lipinski definition) is 6. The van der Waals surface area contributed by atoms with Crippen LogP contribution in [0.2, 0.25) is 5.02 Å². The number of benzene rings is 3. The number of rotatable bonds is 7. The van der Waals surface area contributed by atoms with E-state index in [4.69, 9.17) is 16.3 Å². The van der Waals surface area contributed by atoms with Crippen molar-refractivity contribution in [3.63, 3.8) is 0 Å². The Hall–Kier alpha value is -4.70. The van der Waals surface area contributed by atoms with Crippen LogP contribution >= 0.6 is 11.6 Å². The summed E-state index contributed by atoms with van der Waals surface area (Å²) in [6.07, 6.45) is 0.715. The fourth-order valence-electron chi connectivity index (χ4n) is 3.62. The van der Waals surface area contributed by atoms with Gasteiger partial charge in [-0.15, -0.1) is 8.78 Å². The first kappa shape index (κ1) is 25.0. The van der Waals surface area contributed by atoms with E-state index in [0.29, 0.717) is 16.3 Å². The molecule has 0 fully saturated rings. The highest BCUT2D eigenvalue weighted by atomic mass is 35.5. The lowest BCUT2D eigenvalue weighted by atomic mass is 10.1. The number of esters is 1. The first-order valence-corrected chi connectivity index (χ1v) is 11.6. The van der Waals surface area contributed by atoms with E-state index in [1.54, 1.807) is 23.0 Å². The summed E-state index contributed by atoms with van der Waals surface area (Å²) in [4.78, 5) is 24.5. The third-order valence-electron chi connectivity index (χ3n) is 5.31. The SMILES string of the molecule is O=C(COC(=O)C=Cc1cn(-c2ccccc2)nc1-c1ccc(Cl)cc1)Nc1ccc2c(c1)OC(F)(F)O2. The maximum Gasteiger partial charge on any atom is 0.586 e. The molecule has 5 rings (SSSR count). The van der Waals surface area contributed by atoms with Crippen molar-refractivity contribution in [3.05, 3.63) is 95.7 Å². The number of hydrogen-bond donors (Lipinski definition) is 1. The van der Waals surface area contributed by atoms with E-state index in [1.165, 1.54) is 30.4 Å². The molecule has 0 saturated carbocycles. The summed E-state index contributed by atoms with van der Waals surface area (Å²) >= 11 is 6.01. The third-order valence-corrected chi connectivity index (χ3v) is 5.56. The van der Waals surface area contributed by atoms with Gasteiger partial charge in [0.1, 0.15) is 0 Å². The Bertz CT molecular complexity index is 1520. The number of carbonyl (C=O) groups excluding carboxylic acids is 2. The Morgan fingerprint density at radius 1 is 1.03 bits per heavy atom. The van der Waals surface area contributed by atoms with Crippen LogP contribution in [0.3, 0.4) is 0 Å². The molecule has 0 spiro atoms. The summed E-state index contributed by atoms with van der Waals surface area (Å²) in [6.45, 7) is -0.596. The molecule has 1 amide bonds.